The van der Waals surface area contributed by atoms with Crippen molar-refractivity contribution in [3.8, 4) is 0 Å². The highest BCUT2D eigenvalue weighted by atomic mass is 35.5. The maximum Gasteiger partial charge on any atom is 0.341 e. The molecule has 1 aliphatic rings. The Bertz CT molecular complexity index is 488. The zero-order chi connectivity index (χ0) is 13.1. The van der Waals surface area contributed by atoms with Crippen molar-refractivity contribution >= 4 is 23.3 Å². The van der Waals surface area contributed by atoms with Crippen molar-refractivity contribution in [2.45, 2.75) is 19.3 Å². The Kier molecular flexibility index (Phi) is 3.76. The van der Waals surface area contributed by atoms with Crippen molar-refractivity contribution in [2.24, 2.45) is 5.92 Å². The molecule has 6 nitrogen and oxygen atoms in total. The van der Waals surface area contributed by atoms with E-state index < -0.39 is 10.9 Å². The largest absolute Gasteiger partial charge is 0.462 e. The van der Waals surface area contributed by atoms with Crippen LogP contribution in [-0.2, 0) is 4.74 Å². The van der Waals surface area contributed by atoms with Gasteiger partial charge in [-0.25, -0.2) is 9.78 Å². The van der Waals surface area contributed by atoms with E-state index in [0.29, 0.717) is 12.5 Å². The summed E-state index contributed by atoms with van der Waals surface area (Å²) >= 11 is 5.72. The van der Waals surface area contributed by atoms with Crippen molar-refractivity contribution in [1.29, 1.82) is 0 Å². The van der Waals surface area contributed by atoms with E-state index in [-0.39, 0.29) is 16.4 Å². The van der Waals surface area contributed by atoms with Gasteiger partial charge in [-0.3, -0.25) is 10.1 Å². The van der Waals surface area contributed by atoms with Crippen molar-refractivity contribution in [3.63, 3.8) is 0 Å². The van der Waals surface area contributed by atoms with Gasteiger partial charge in [0.15, 0.2) is 0 Å². The van der Waals surface area contributed by atoms with Crippen LogP contribution in [0.5, 0.6) is 0 Å². The number of ether oxygens (including phenoxy) is 1. The molecule has 7 heteroatoms. The molecule has 1 fully saturated rings. The number of nitrogens with zero attached hydrogens (tertiary/aromatic N) is 2. The first kappa shape index (κ1) is 12.8. The number of halogens is 1. The summed E-state index contributed by atoms with van der Waals surface area (Å²) < 4.78 is 5.01. The summed E-state index contributed by atoms with van der Waals surface area (Å²) in [6, 6.07) is 1.08. The monoisotopic (exact) mass is 270 g/mol. The molecule has 1 aliphatic carbocycles. The second-order valence-electron chi connectivity index (χ2n) is 4.16. The third-order valence-electron chi connectivity index (χ3n) is 2.71. The molecule has 0 atom stereocenters. The molecule has 0 aromatic carbocycles. The predicted molar refractivity (Wildman–Crippen MR) is 63.5 cm³/mol. The normalized spacial score (nSPS) is 14.3. The summed E-state index contributed by atoms with van der Waals surface area (Å²) in [6.07, 6.45) is 4.18. The molecule has 1 aromatic rings. The maximum atomic E-state index is 11.7. The number of nitro groups is 1. The molecular weight excluding hydrogens is 260 g/mol. The van der Waals surface area contributed by atoms with Crippen molar-refractivity contribution < 1.29 is 14.5 Å². The molecule has 2 rings (SSSR count). The van der Waals surface area contributed by atoms with E-state index >= 15 is 0 Å². The predicted octanol–water partition coefficient (Wildman–Crippen LogP) is 2.60. The number of rotatable bonds is 5. The highest BCUT2D eigenvalue weighted by molar-refractivity contribution is 6.32. The van der Waals surface area contributed by atoms with Gasteiger partial charge in [-0.1, -0.05) is 24.4 Å². The lowest BCUT2D eigenvalue weighted by Crippen LogP contribution is -2.09. The molecule has 0 saturated heterocycles. The Labute approximate surface area is 108 Å². The average molecular weight is 271 g/mol. The fraction of sp³-hybridized carbons (Fsp3) is 0.455. The molecule has 0 unspecified atom stereocenters. The van der Waals surface area contributed by atoms with Gasteiger partial charge in [0.05, 0.1) is 11.5 Å². The lowest BCUT2D eigenvalue weighted by Gasteiger charge is -2.05. The molecule has 0 aliphatic heterocycles. The molecule has 1 saturated carbocycles. The third kappa shape index (κ3) is 3.16. The van der Waals surface area contributed by atoms with Crippen LogP contribution in [0, 0.1) is 16.0 Å². The molecule has 0 spiro atoms. The lowest BCUT2D eigenvalue weighted by molar-refractivity contribution is -0.385. The van der Waals surface area contributed by atoms with Crippen molar-refractivity contribution in [3.05, 3.63) is 33.1 Å². The van der Waals surface area contributed by atoms with Crippen molar-refractivity contribution in [2.75, 3.05) is 6.61 Å². The summed E-state index contributed by atoms with van der Waals surface area (Å²) in [7, 11) is 0. The Hall–Kier alpha value is -1.69. The number of hydrogen-bond acceptors (Lipinski definition) is 5. The summed E-state index contributed by atoms with van der Waals surface area (Å²) in [6.45, 7) is 0.308. The molecular formula is C11H11ClN2O4. The lowest BCUT2D eigenvalue weighted by atomic mass is 10.2. The van der Waals surface area contributed by atoms with Crippen LogP contribution < -0.4 is 0 Å². The second-order valence-corrected chi connectivity index (χ2v) is 4.51. The van der Waals surface area contributed by atoms with Crippen molar-refractivity contribution in [1.82, 2.24) is 4.98 Å². The maximum absolute atomic E-state index is 11.7. The van der Waals surface area contributed by atoms with E-state index in [1.807, 2.05) is 0 Å². The Balaban J connectivity index is 2.02. The summed E-state index contributed by atoms with van der Waals surface area (Å²) in [5.41, 5.74) is -0.352. The van der Waals surface area contributed by atoms with Crippen LogP contribution in [0.25, 0.3) is 0 Å². The fourth-order valence-corrected chi connectivity index (χ4v) is 1.66. The number of esters is 1. The highest BCUT2D eigenvalue weighted by Gasteiger charge is 2.22. The first-order chi connectivity index (χ1) is 8.58. The minimum atomic E-state index is -0.670. The van der Waals surface area contributed by atoms with E-state index in [2.05, 4.69) is 4.98 Å². The minimum Gasteiger partial charge on any atom is -0.462 e. The number of aromatic nitrogens is 1. The van der Waals surface area contributed by atoms with Crippen LogP contribution >= 0.6 is 11.6 Å². The summed E-state index contributed by atoms with van der Waals surface area (Å²) in [4.78, 5) is 25.2. The second kappa shape index (κ2) is 5.30. The Morgan fingerprint density at radius 3 is 2.94 bits per heavy atom. The van der Waals surface area contributed by atoms with Gasteiger partial charge in [-0.05, 0) is 12.3 Å². The van der Waals surface area contributed by atoms with Gasteiger partial charge in [0.1, 0.15) is 16.9 Å². The van der Waals surface area contributed by atoms with Crippen LogP contribution in [0.2, 0.25) is 5.15 Å². The highest BCUT2D eigenvalue weighted by Crippen LogP contribution is 2.32. The van der Waals surface area contributed by atoms with Gasteiger partial charge < -0.3 is 4.74 Å². The molecule has 1 aromatic heterocycles. The number of carbonyl (C=O) groups excluding carboxylic acids is 1. The van der Waals surface area contributed by atoms with Gasteiger partial charge in [-0.2, -0.15) is 0 Å². The standard InChI is InChI=1S/C11H11ClN2O4/c12-10-9(5-8(6-13-10)14(16)17)11(15)18-4-3-7-1-2-7/h5-7H,1-4H2. The van der Waals surface area contributed by atoms with Crippen LogP contribution in [0.3, 0.4) is 0 Å². The van der Waals surface area contributed by atoms with Gasteiger partial charge in [-0.15, -0.1) is 0 Å². The first-order valence-electron chi connectivity index (χ1n) is 5.55. The quantitative estimate of drug-likeness (QED) is 0.355. The van der Waals surface area contributed by atoms with Gasteiger partial charge >= 0.3 is 5.97 Å². The van der Waals surface area contributed by atoms with Gasteiger partial charge in [0.25, 0.3) is 5.69 Å². The molecule has 0 N–H and O–H groups in total. The van der Waals surface area contributed by atoms with E-state index in [1.54, 1.807) is 0 Å². The topological polar surface area (TPSA) is 82.3 Å². The molecule has 1 heterocycles. The van der Waals surface area contributed by atoms with Crippen LogP contribution in [0.1, 0.15) is 29.6 Å². The molecule has 18 heavy (non-hydrogen) atoms. The Morgan fingerprint density at radius 1 is 1.61 bits per heavy atom. The third-order valence-corrected chi connectivity index (χ3v) is 3.01. The van der Waals surface area contributed by atoms with Crippen LogP contribution in [0.4, 0.5) is 5.69 Å². The van der Waals surface area contributed by atoms with E-state index in [4.69, 9.17) is 16.3 Å². The molecule has 0 radical (unpaired) electrons. The minimum absolute atomic E-state index is 0.0679. The summed E-state index contributed by atoms with van der Waals surface area (Å²) in [5.74, 6) is -0.0200. The van der Waals surface area contributed by atoms with Crippen LogP contribution in [0.15, 0.2) is 12.3 Å². The Morgan fingerprint density at radius 2 is 2.33 bits per heavy atom. The van der Waals surface area contributed by atoms with E-state index in [9.17, 15) is 14.9 Å². The zero-order valence-corrected chi connectivity index (χ0v) is 10.2. The van der Waals surface area contributed by atoms with Crippen LogP contribution in [-0.4, -0.2) is 22.5 Å². The average Bonchev–Trinajstić information content (AvgIpc) is 3.13. The number of pyridine rings is 1. The smallest absolute Gasteiger partial charge is 0.341 e. The molecule has 96 valence electrons. The zero-order valence-electron chi connectivity index (χ0n) is 9.47. The number of carbonyl (C=O) groups is 1. The van der Waals surface area contributed by atoms with E-state index in [1.165, 1.54) is 12.8 Å². The summed E-state index contributed by atoms with van der Waals surface area (Å²) in [5, 5.41) is 10.5. The van der Waals surface area contributed by atoms with Gasteiger partial charge in [0.2, 0.25) is 0 Å². The SMILES string of the molecule is O=C(OCCC1CC1)c1cc([N+](=O)[O-])cnc1Cl. The number of hydrogen-bond donors (Lipinski definition) is 0. The molecule has 0 bridgehead atoms. The van der Waals surface area contributed by atoms with E-state index in [0.717, 1.165) is 18.7 Å². The van der Waals surface area contributed by atoms with Gasteiger partial charge in [0, 0.05) is 6.07 Å². The molecule has 0 amide bonds. The fourth-order valence-electron chi connectivity index (χ4n) is 1.48. The first-order valence-corrected chi connectivity index (χ1v) is 5.93.